The topological polar surface area (TPSA) is 55.1 Å². The van der Waals surface area contributed by atoms with E-state index in [0.29, 0.717) is 0 Å². The van der Waals surface area contributed by atoms with E-state index in [4.69, 9.17) is 17.3 Å². The molecule has 0 heterocycles. The highest BCUT2D eigenvalue weighted by atomic mass is 35.5. The number of amides is 1. The van der Waals surface area contributed by atoms with Crippen LogP contribution in [0.4, 0.5) is 18.9 Å². The molecule has 106 valence electrons. The van der Waals surface area contributed by atoms with Crippen molar-refractivity contribution in [1.82, 2.24) is 0 Å². The zero-order valence-corrected chi connectivity index (χ0v) is 11.2. The van der Waals surface area contributed by atoms with Crippen LogP contribution in [0.3, 0.4) is 0 Å². The van der Waals surface area contributed by atoms with Crippen LogP contribution >= 0.6 is 11.6 Å². The van der Waals surface area contributed by atoms with E-state index in [1.165, 1.54) is 0 Å². The van der Waals surface area contributed by atoms with Crippen molar-refractivity contribution < 1.29 is 18.0 Å². The summed E-state index contributed by atoms with van der Waals surface area (Å²) in [6.45, 7) is 3.28. The number of rotatable bonds is 3. The monoisotopic (exact) mass is 294 g/mol. The lowest BCUT2D eigenvalue weighted by Crippen LogP contribution is -2.36. The van der Waals surface area contributed by atoms with Gasteiger partial charge in [0.15, 0.2) is 0 Å². The van der Waals surface area contributed by atoms with Crippen molar-refractivity contribution in [1.29, 1.82) is 0 Å². The molecule has 0 bridgehead atoms. The van der Waals surface area contributed by atoms with Gasteiger partial charge < -0.3 is 11.1 Å². The Hall–Kier alpha value is -1.27. The summed E-state index contributed by atoms with van der Waals surface area (Å²) < 4.78 is 37.6. The first-order valence-corrected chi connectivity index (χ1v) is 5.82. The Morgan fingerprint density at radius 1 is 1.37 bits per heavy atom. The number of halogens is 4. The molecule has 1 aromatic carbocycles. The Morgan fingerprint density at radius 3 is 2.42 bits per heavy atom. The van der Waals surface area contributed by atoms with Gasteiger partial charge in [0.1, 0.15) is 0 Å². The number of hydrogen-bond acceptors (Lipinski definition) is 2. The summed E-state index contributed by atoms with van der Waals surface area (Å²) in [5.41, 5.74) is 3.95. The van der Waals surface area contributed by atoms with Gasteiger partial charge in [-0.25, -0.2) is 0 Å². The number of nitrogens with one attached hydrogen (secondary N) is 1. The molecule has 3 N–H and O–H groups in total. The van der Waals surface area contributed by atoms with Gasteiger partial charge in [-0.2, -0.15) is 13.2 Å². The number of alkyl halides is 3. The summed E-state index contributed by atoms with van der Waals surface area (Å²) in [5.74, 6) is -0.492. The van der Waals surface area contributed by atoms with Crippen molar-refractivity contribution in [3.05, 3.63) is 28.8 Å². The smallest absolute Gasteiger partial charge is 0.325 e. The first-order valence-electron chi connectivity index (χ1n) is 5.44. The third-order valence-corrected chi connectivity index (χ3v) is 2.51. The van der Waals surface area contributed by atoms with E-state index >= 15 is 0 Å². The molecule has 1 aromatic rings. The first kappa shape index (κ1) is 15.8. The molecule has 0 aliphatic heterocycles. The Morgan fingerprint density at radius 2 is 1.95 bits per heavy atom. The van der Waals surface area contributed by atoms with Crippen LogP contribution in [0.5, 0.6) is 0 Å². The number of anilines is 1. The molecule has 0 fully saturated rings. The second-order valence-corrected chi connectivity index (χ2v) is 5.31. The van der Waals surface area contributed by atoms with Gasteiger partial charge in [-0.05, 0) is 32.0 Å². The van der Waals surface area contributed by atoms with Crippen LogP contribution < -0.4 is 11.1 Å². The lowest BCUT2D eigenvalue weighted by molar-refractivity contribution is -0.137. The van der Waals surface area contributed by atoms with Gasteiger partial charge in [-0.3, -0.25) is 4.79 Å². The van der Waals surface area contributed by atoms with Crippen LogP contribution in [0.25, 0.3) is 0 Å². The molecule has 1 rings (SSSR count). The standard InChI is InChI=1S/C12H14ClF3N2O/c1-11(2,17)6-10(19)18-9-5-7(12(14,15)16)3-4-8(9)13/h3-5H,6,17H2,1-2H3,(H,18,19). The highest BCUT2D eigenvalue weighted by Crippen LogP contribution is 2.33. The van der Waals surface area contributed by atoms with Crippen LogP contribution in [0.2, 0.25) is 5.02 Å². The molecular formula is C12H14ClF3N2O. The predicted molar refractivity (Wildman–Crippen MR) is 68.0 cm³/mol. The zero-order valence-electron chi connectivity index (χ0n) is 10.4. The Kier molecular flexibility index (Phi) is 4.47. The fraction of sp³-hybridized carbons (Fsp3) is 0.417. The number of benzene rings is 1. The third kappa shape index (κ3) is 5.08. The highest BCUT2D eigenvalue weighted by Gasteiger charge is 2.31. The molecule has 0 spiro atoms. The summed E-state index contributed by atoms with van der Waals surface area (Å²) in [4.78, 5) is 11.6. The Labute approximate surface area is 113 Å². The molecule has 3 nitrogen and oxygen atoms in total. The summed E-state index contributed by atoms with van der Waals surface area (Å²) >= 11 is 5.75. The minimum absolute atomic E-state index is 0.0282. The van der Waals surface area contributed by atoms with Crippen molar-refractivity contribution in [2.24, 2.45) is 5.73 Å². The van der Waals surface area contributed by atoms with E-state index < -0.39 is 23.2 Å². The van der Waals surface area contributed by atoms with E-state index in [1.54, 1.807) is 13.8 Å². The number of carbonyl (C=O) groups is 1. The van der Waals surface area contributed by atoms with Crippen LogP contribution in [-0.4, -0.2) is 11.4 Å². The first-order chi connectivity index (χ1) is 8.49. The van der Waals surface area contributed by atoms with Gasteiger partial charge in [-0.1, -0.05) is 11.6 Å². The normalized spacial score (nSPS) is 12.4. The second-order valence-electron chi connectivity index (χ2n) is 4.91. The number of carbonyl (C=O) groups excluding carboxylic acids is 1. The zero-order chi connectivity index (χ0) is 14.8. The molecule has 0 radical (unpaired) electrons. The minimum Gasteiger partial charge on any atom is -0.325 e. The minimum atomic E-state index is -4.49. The lowest BCUT2D eigenvalue weighted by Gasteiger charge is -2.18. The Balaban J connectivity index is 2.92. The fourth-order valence-corrected chi connectivity index (χ4v) is 1.57. The maximum absolute atomic E-state index is 12.5. The van der Waals surface area contributed by atoms with Crippen LogP contribution in [0, 0.1) is 0 Å². The van der Waals surface area contributed by atoms with E-state index in [-0.39, 0.29) is 17.1 Å². The lowest BCUT2D eigenvalue weighted by atomic mass is 10.0. The SMILES string of the molecule is CC(C)(N)CC(=O)Nc1cc(C(F)(F)F)ccc1Cl. The highest BCUT2D eigenvalue weighted by molar-refractivity contribution is 6.33. The molecule has 0 unspecified atom stereocenters. The predicted octanol–water partition coefficient (Wildman–Crippen LogP) is 3.42. The van der Waals surface area contributed by atoms with Gasteiger partial charge in [0.05, 0.1) is 16.3 Å². The molecule has 19 heavy (non-hydrogen) atoms. The van der Waals surface area contributed by atoms with Crippen LogP contribution in [0.1, 0.15) is 25.8 Å². The summed E-state index contributed by atoms with van der Waals surface area (Å²) in [5, 5.41) is 2.37. The molecule has 0 aliphatic carbocycles. The Bertz CT molecular complexity index is 481. The van der Waals surface area contributed by atoms with Gasteiger partial charge in [-0.15, -0.1) is 0 Å². The third-order valence-electron chi connectivity index (χ3n) is 2.18. The number of nitrogens with two attached hydrogens (primary N) is 1. The molecule has 0 atom stereocenters. The molecule has 0 saturated heterocycles. The van der Waals surface area contributed by atoms with Gasteiger partial charge >= 0.3 is 6.18 Å². The maximum Gasteiger partial charge on any atom is 0.416 e. The molecule has 1 amide bonds. The van der Waals surface area contributed by atoms with E-state index in [9.17, 15) is 18.0 Å². The fourth-order valence-electron chi connectivity index (χ4n) is 1.41. The van der Waals surface area contributed by atoms with Crippen molar-refractivity contribution in [3.8, 4) is 0 Å². The van der Waals surface area contributed by atoms with Crippen LogP contribution in [-0.2, 0) is 11.0 Å². The largest absolute Gasteiger partial charge is 0.416 e. The average molecular weight is 295 g/mol. The molecular weight excluding hydrogens is 281 g/mol. The van der Waals surface area contributed by atoms with Gasteiger partial charge in [0.25, 0.3) is 0 Å². The molecule has 0 saturated carbocycles. The summed E-state index contributed by atoms with van der Waals surface area (Å²) in [7, 11) is 0. The molecule has 0 aromatic heterocycles. The van der Waals surface area contributed by atoms with Crippen molar-refractivity contribution in [3.63, 3.8) is 0 Å². The summed E-state index contributed by atoms with van der Waals surface area (Å²) in [6.07, 6.45) is -4.52. The second kappa shape index (κ2) is 5.38. The molecule has 7 heteroatoms. The summed E-state index contributed by atoms with van der Waals surface area (Å²) in [6, 6.07) is 2.74. The van der Waals surface area contributed by atoms with Crippen molar-refractivity contribution in [2.75, 3.05) is 5.32 Å². The quantitative estimate of drug-likeness (QED) is 0.897. The maximum atomic E-state index is 12.5. The van der Waals surface area contributed by atoms with Crippen LogP contribution in [0.15, 0.2) is 18.2 Å². The number of hydrogen-bond donors (Lipinski definition) is 2. The van der Waals surface area contributed by atoms with Crippen molar-refractivity contribution in [2.45, 2.75) is 32.0 Å². The van der Waals surface area contributed by atoms with E-state index in [2.05, 4.69) is 5.32 Å². The van der Waals surface area contributed by atoms with Gasteiger partial charge in [0, 0.05) is 12.0 Å². The van der Waals surface area contributed by atoms with E-state index in [1.807, 2.05) is 0 Å². The van der Waals surface area contributed by atoms with Gasteiger partial charge in [0.2, 0.25) is 5.91 Å². The average Bonchev–Trinajstić information content (AvgIpc) is 2.16. The van der Waals surface area contributed by atoms with Crippen molar-refractivity contribution >= 4 is 23.2 Å². The molecule has 0 aliphatic rings. The van der Waals surface area contributed by atoms with E-state index in [0.717, 1.165) is 18.2 Å².